The highest BCUT2D eigenvalue weighted by atomic mass is 35.5. The first kappa shape index (κ1) is 11.4. The number of hydrogen-bond donors (Lipinski definition) is 1. The van der Waals surface area contributed by atoms with Gasteiger partial charge < -0.3 is 9.55 Å². The molecule has 0 aliphatic carbocycles. The van der Waals surface area contributed by atoms with Crippen LogP contribution >= 0.6 is 11.6 Å². The zero-order chi connectivity index (χ0) is 12.5. The molecule has 0 radical (unpaired) electrons. The highest BCUT2D eigenvalue weighted by molar-refractivity contribution is 6.17. The fraction of sp³-hybridized carbons (Fsp3) is 0.214. The summed E-state index contributed by atoms with van der Waals surface area (Å²) in [6.07, 6.45) is 4.78. The monoisotopic (exact) mass is 259 g/mol. The lowest BCUT2D eigenvalue weighted by Crippen LogP contribution is -1.88. The standard InChI is InChI=1S/C14H14ClN3/c1-18-9-11(10-4-2-3-5-13(10)18)12-8-16-14(17-12)6-7-15/h2-5,8-9H,6-7H2,1H3,(H,16,17). The average Bonchev–Trinajstić information content (AvgIpc) is 2.96. The Morgan fingerprint density at radius 1 is 1.33 bits per heavy atom. The number of aromatic amines is 1. The second-order valence-corrected chi connectivity index (χ2v) is 4.73. The molecule has 1 aromatic carbocycles. The van der Waals surface area contributed by atoms with Crippen molar-refractivity contribution in [1.82, 2.24) is 14.5 Å². The number of rotatable bonds is 3. The molecule has 0 atom stereocenters. The van der Waals surface area contributed by atoms with Crippen molar-refractivity contribution >= 4 is 22.5 Å². The van der Waals surface area contributed by atoms with Gasteiger partial charge in [-0.1, -0.05) is 18.2 Å². The maximum atomic E-state index is 5.73. The zero-order valence-electron chi connectivity index (χ0n) is 10.2. The van der Waals surface area contributed by atoms with Crippen LogP contribution in [0, 0.1) is 0 Å². The first-order chi connectivity index (χ1) is 8.79. The molecule has 0 aliphatic rings. The third-order valence-electron chi connectivity index (χ3n) is 3.15. The van der Waals surface area contributed by atoms with E-state index in [2.05, 4.69) is 52.0 Å². The molecule has 0 bridgehead atoms. The fourth-order valence-electron chi connectivity index (χ4n) is 2.27. The van der Waals surface area contributed by atoms with Gasteiger partial charge in [0.15, 0.2) is 0 Å². The summed E-state index contributed by atoms with van der Waals surface area (Å²) in [6, 6.07) is 8.36. The first-order valence-corrected chi connectivity index (χ1v) is 6.47. The quantitative estimate of drug-likeness (QED) is 0.719. The van der Waals surface area contributed by atoms with E-state index in [0.717, 1.165) is 17.9 Å². The van der Waals surface area contributed by atoms with Crippen LogP contribution in [-0.2, 0) is 13.5 Å². The molecular formula is C14H14ClN3. The molecule has 1 N–H and O–H groups in total. The van der Waals surface area contributed by atoms with Crippen LogP contribution in [0.2, 0.25) is 0 Å². The van der Waals surface area contributed by atoms with E-state index in [-0.39, 0.29) is 0 Å². The molecule has 3 aromatic rings. The van der Waals surface area contributed by atoms with Crippen molar-refractivity contribution in [3.8, 4) is 11.3 Å². The minimum Gasteiger partial charge on any atom is -0.350 e. The molecule has 18 heavy (non-hydrogen) atoms. The summed E-state index contributed by atoms with van der Waals surface area (Å²) in [5.74, 6) is 1.52. The van der Waals surface area contributed by atoms with E-state index in [1.807, 2.05) is 6.20 Å². The number of para-hydroxylation sites is 1. The Morgan fingerprint density at radius 3 is 3.00 bits per heavy atom. The van der Waals surface area contributed by atoms with E-state index < -0.39 is 0 Å². The summed E-state index contributed by atoms with van der Waals surface area (Å²) >= 11 is 5.73. The SMILES string of the molecule is Cn1cc(-c2cnc(CCCl)[nH]2)c2ccccc21. The lowest BCUT2D eigenvalue weighted by molar-refractivity contribution is 0.968. The molecule has 92 valence electrons. The van der Waals surface area contributed by atoms with Gasteiger partial charge in [-0.3, -0.25) is 0 Å². The minimum absolute atomic E-state index is 0.586. The molecule has 0 fully saturated rings. The summed E-state index contributed by atoms with van der Waals surface area (Å²) in [7, 11) is 2.06. The average molecular weight is 260 g/mol. The summed E-state index contributed by atoms with van der Waals surface area (Å²) < 4.78 is 2.13. The lowest BCUT2D eigenvalue weighted by atomic mass is 10.1. The van der Waals surface area contributed by atoms with Crippen LogP contribution in [0.15, 0.2) is 36.7 Å². The first-order valence-electron chi connectivity index (χ1n) is 5.94. The maximum Gasteiger partial charge on any atom is 0.107 e. The number of halogens is 1. The zero-order valence-corrected chi connectivity index (χ0v) is 10.9. The van der Waals surface area contributed by atoms with Crippen molar-refractivity contribution in [3.05, 3.63) is 42.5 Å². The summed E-state index contributed by atoms with van der Waals surface area (Å²) in [5, 5.41) is 1.24. The Kier molecular flexibility index (Phi) is 2.84. The van der Waals surface area contributed by atoms with Crippen molar-refractivity contribution in [1.29, 1.82) is 0 Å². The third-order valence-corrected chi connectivity index (χ3v) is 3.34. The number of nitrogens with one attached hydrogen (secondary N) is 1. The molecular weight excluding hydrogens is 246 g/mol. The Bertz CT molecular complexity index is 681. The predicted molar refractivity (Wildman–Crippen MR) is 74.9 cm³/mol. The van der Waals surface area contributed by atoms with Gasteiger partial charge in [-0.05, 0) is 6.07 Å². The van der Waals surface area contributed by atoms with Gasteiger partial charge in [0.2, 0.25) is 0 Å². The van der Waals surface area contributed by atoms with Gasteiger partial charge in [0, 0.05) is 42.0 Å². The number of fused-ring (bicyclic) bond motifs is 1. The van der Waals surface area contributed by atoms with Gasteiger partial charge in [-0.25, -0.2) is 4.98 Å². The number of imidazole rings is 1. The number of nitrogens with zero attached hydrogens (tertiary/aromatic N) is 2. The largest absolute Gasteiger partial charge is 0.350 e. The fourth-order valence-corrected chi connectivity index (χ4v) is 2.45. The smallest absolute Gasteiger partial charge is 0.107 e. The Morgan fingerprint density at radius 2 is 2.17 bits per heavy atom. The predicted octanol–water partition coefficient (Wildman–Crippen LogP) is 3.35. The van der Waals surface area contributed by atoms with E-state index in [1.165, 1.54) is 16.5 Å². The summed E-state index contributed by atoms with van der Waals surface area (Å²) in [5.41, 5.74) is 3.45. The summed E-state index contributed by atoms with van der Waals surface area (Å²) in [4.78, 5) is 7.68. The van der Waals surface area contributed by atoms with E-state index in [1.54, 1.807) is 0 Å². The normalized spacial score (nSPS) is 11.2. The van der Waals surface area contributed by atoms with Crippen molar-refractivity contribution in [3.63, 3.8) is 0 Å². The molecule has 4 heteroatoms. The number of alkyl halides is 1. The molecule has 0 amide bonds. The van der Waals surface area contributed by atoms with Gasteiger partial charge in [0.1, 0.15) is 5.82 Å². The van der Waals surface area contributed by atoms with Gasteiger partial charge in [0.25, 0.3) is 0 Å². The molecule has 0 saturated carbocycles. The van der Waals surface area contributed by atoms with Crippen molar-refractivity contribution < 1.29 is 0 Å². The van der Waals surface area contributed by atoms with Crippen LogP contribution < -0.4 is 0 Å². The van der Waals surface area contributed by atoms with E-state index >= 15 is 0 Å². The minimum atomic E-state index is 0.586. The number of benzene rings is 1. The Balaban J connectivity index is 2.13. The lowest BCUT2D eigenvalue weighted by Gasteiger charge is -1.95. The highest BCUT2D eigenvalue weighted by Crippen LogP contribution is 2.28. The number of hydrogen-bond acceptors (Lipinski definition) is 1. The Labute approximate surface area is 110 Å². The second kappa shape index (κ2) is 4.50. The van der Waals surface area contributed by atoms with E-state index in [0.29, 0.717) is 5.88 Å². The van der Waals surface area contributed by atoms with Crippen LogP contribution in [-0.4, -0.2) is 20.4 Å². The number of H-pyrrole nitrogens is 1. The molecule has 0 unspecified atom stereocenters. The van der Waals surface area contributed by atoms with E-state index in [4.69, 9.17) is 11.6 Å². The third kappa shape index (κ3) is 1.81. The van der Waals surface area contributed by atoms with Gasteiger partial charge in [-0.15, -0.1) is 11.6 Å². The number of aromatic nitrogens is 3. The van der Waals surface area contributed by atoms with Crippen LogP contribution in [0.25, 0.3) is 22.2 Å². The van der Waals surface area contributed by atoms with Gasteiger partial charge >= 0.3 is 0 Å². The molecule has 0 saturated heterocycles. The Hall–Kier alpha value is -1.74. The molecule has 0 spiro atoms. The van der Waals surface area contributed by atoms with Crippen LogP contribution in [0.1, 0.15) is 5.82 Å². The highest BCUT2D eigenvalue weighted by Gasteiger charge is 2.10. The second-order valence-electron chi connectivity index (χ2n) is 4.35. The molecule has 3 nitrogen and oxygen atoms in total. The van der Waals surface area contributed by atoms with Gasteiger partial charge in [0.05, 0.1) is 11.9 Å². The number of aryl methyl sites for hydroxylation is 2. The molecule has 2 aromatic heterocycles. The topological polar surface area (TPSA) is 33.6 Å². The summed E-state index contributed by atoms with van der Waals surface area (Å²) in [6.45, 7) is 0. The van der Waals surface area contributed by atoms with Crippen LogP contribution in [0.3, 0.4) is 0 Å². The van der Waals surface area contributed by atoms with E-state index in [9.17, 15) is 0 Å². The molecule has 3 rings (SSSR count). The molecule has 2 heterocycles. The molecule has 0 aliphatic heterocycles. The van der Waals surface area contributed by atoms with Crippen molar-refractivity contribution in [2.45, 2.75) is 6.42 Å². The van der Waals surface area contributed by atoms with Crippen LogP contribution in [0.5, 0.6) is 0 Å². The van der Waals surface area contributed by atoms with Crippen molar-refractivity contribution in [2.24, 2.45) is 7.05 Å². The van der Waals surface area contributed by atoms with Crippen molar-refractivity contribution in [2.75, 3.05) is 5.88 Å². The maximum absolute atomic E-state index is 5.73. The van der Waals surface area contributed by atoms with Crippen LogP contribution in [0.4, 0.5) is 0 Å². The van der Waals surface area contributed by atoms with Gasteiger partial charge in [-0.2, -0.15) is 0 Å².